The third-order valence-electron chi connectivity index (χ3n) is 2.81. The number of carbonyl (C=O) groups excluding carboxylic acids is 1. The topological polar surface area (TPSA) is 67.9 Å². The van der Waals surface area contributed by atoms with Gasteiger partial charge in [-0.25, -0.2) is 4.98 Å². The Labute approximate surface area is 118 Å². The van der Waals surface area contributed by atoms with Gasteiger partial charge in [-0.15, -0.1) is 16.4 Å². The second-order valence-corrected chi connectivity index (χ2v) is 6.61. The molecule has 2 unspecified atom stereocenters. The third-order valence-corrected chi connectivity index (χ3v) is 4.75. The van der Waals surface area contributed by atoms with Crippen LogP contribution in [0.4, 0.5) is 0 Å². The van der Waals surface area contributed by atoms with Crippen LogP contribution in [0.15, 0.2) is 22.7 Å². The molecule has 0 spiro atoms. The number of H-pyrrole nitrogens is 1. The van der Waals surface area contributed by atoms with Crippen LogP contribution in [0.25, 0.3) is 0 Å². The number of thiophene rings is 1. The minimum atomic E-state index is -0.180. The minimum Gasteiger partial charge on any atom is -0.462 e. The van der Waals surface area contributed by atoms with Gasteiger partial charge in [0.05, 0.1) is 0 Å². The largest absolute Gasteiger partial charge is 0.462 e. The molecule has 5 nitrogen and oxygen atoms in total. The summed E-state index contributed by atoms with van der Waals surface area (Å²) in [6, 6.07) is 4.08. The maximum absolute atomic E-state index is 11.5. The Balaban J connectivity index is 1.63. The molecule has 2 atom stereocenters. The van der Waals surface area contributed by atoms with Gasteiger partial charge in [-0.2, -0.15) is 0 Å². The first-order chi connectivity index (χ1) is 9.20. The maximum Gasteiger partial charge on any atom is 0.319 e. The first kappa shape index (κ1) is 12.7. The summed E-state index contributed by atoms with van der Waals surface area (Å²) in [6.45, 7) is 1.90. The summed E-state index contributed by atoms with van der Waals surface area (Å²) in [5.41, 5.74) is 0. The van der Waals surface area contributed by atoms with Crippen molar-refractivity contribution < 1.29 is 9.53 Å². The number of rotatable bonds is 4. The fourth-order valence-electron chi connectivity index (χ4n) is 1.93. The number of cyclic esters (lactones) is 1. The number of hydrogen-bond acceptors (Lipinski definition) is 6. The molecule has 7 heteroatoms. The van der Waals surface area contributed by atoms with Crippen LogP contribution in [0.1, 0.15) is 24.0 Å². The molecule has 3 rings (SSSR count). The second kappa shape index (κ2) is 5.34. The van der Waals surface area contributed by atoms with Crippen molar-refractivity contribution in [3.05, 3.63) is 28.2 Å². The monoisotopic (exact) mass is 295 g/mol. The zero-order valence-electron chi connectivity index (χ0n) is 10.3. The van der Waals surface area contributed by atoms with Gasteiger partial charge in [0, 0.05) is 17.7 Å². The lowest BCUT2D eigenvalue weighted by atomic mass is 10.3. The molecule has 2 aromatic heterocycles. The van der Waals surface area contributed by atoms with Crippen molar-refractivity contribution >= 4 is 29.1 Å². The van der Waals surface area contributed by atoms with Gasteiger partial charge in [0.1, 0.15) is 17.2 Å². The van der Waals surface area contributed by atoms with Crippen LogP contribution < -0.4 is 0 Å². The summed E-state index contributed by atoms with van der Waals surface area (Å²) >= 11 is 3.06. The van der Waals surface area contributed by atoms with E-state index in [1.54, 1.807) is 11.3 Å². The molecule has 19 heavy (non-hydrogen) atoms. The summed E-state index contributed by atoms with van der Waals surface area (Å²) in [4.78, 5) is 17.2. The van der Waals surface area contributed by atoms with E-state index in [4.69, 9.17) is 4.74 Å². The summed E-state index contributed by atoms with van der Waals surface area (Å²) in [6.07, 6.45) is 1.46. The SMILES string of the molecule is CC1CC(Sc2n[nH]c(Cc3cccs3)n2)C(=O)O1. The lowest BCUT2D eigenvalue weighted by Gasteiger charge is -1.99. The Morgan fingerprint density at radius 1 is 1.63 bits per heavy atom. The smallest absolute Gasteiger partial charge is 0.319 e. The Bertz CT molecular complexity index is 567. The molecule has 2 aromatic rings. The molecule has 1 aliphatic rings. The van der Waals surface area contributed by atoms with Crippen molar-refractivity contribution in [1.29, 1.82) is 0 Å². The first-order valence-corrected chi connectivity index (χ1v) is 7.77. The molecule has 3 heterocycles. The molecule has 100 valence electrons. The number of aromatic nitrogens is 3. The molecule has 1 aliphatic heterocycles. The van der Waals surface area contributed by atoms with Crippen LogP contribution in [0.3, 0.4) is 0 Å². The van der Waals surface area contributed by atoms with Crippen LogP contribution >= 0.6 is 23.1 Å². The van der Waals surface area contributed by atoms with Crippen LogP contribution in [-0.4, -0.2) is 32.5 Å². The van der Waals surface area contributed by atoms with Crippen molar-refractivity contribution in [2.75, 3.05) is 0 Å². The Kier molecular flexibility index (Phi) is 3.56. The van der Waals surface area contributed by atoms with E-state index in [9.17, 15) is 4.79 Å². The van der Waals surface area contributed by atoms with Gasteiger partial charge >= 0.3 is 5.97 Å². The highest BCUT2D eigenvalue weighted by atomic mass is 32.2. The molecule has 0 radical (unpaired) electrons. The summed E-state index contributed by atoms with van der Waals surface area (Å²) < 4.78 is 5.11. The van der Waals surface area contributed by atoms with Gasteiger partial charge in [-0.3, -0.25) is 9.89 Å². The standard InChI is InChI=1S/C12H13N3O2S2/c1-7-5-9(11(16)17-7)19-12-13-10(14-15-12)6-8-3-2-4-18-8/h2-4,7,9H,5-6H2,1H3,(H,13,14,15). The van der Waals surface area contributed by atoms with Crippen LogP contribution in [0.5, 0.6) is 0 Å². The zero-order chi connectivity index (χ0) is 13.2. The summed E-state index contributed by atoms with van der Waals surface area (Å²) in [5.74, 6) is 0.659. The molecular formula is C12H13N3O2S2. The number of nitrogens with one attached hydrogen (secondary N) is 1. The van der Waals surface area contributed by atoms with Crippen LogP contribution in [0.2, 0.25) is 0 Å². The lowest BCUT2D eigenvalue weighted by Crippen LogP contribution is -2.09. The van der Waals surface area contributed by atoms with E-state index in [2.05, 4.69) is 21.2 Å². The normalized spacial score (nSPS) is 22.7. The van der Waals surface area contributed by atoms with E-state index in [1.165, 1.54) is 16.6 Å². The molecule has 0 amide bonds. The van der Waals surface area contributed by atoms with Crippen LogP contribution in [-0.2, 0) is 16.0 Å². The third kappa shape index (κ3) is 2.98. The highest BCUT2D eigenvalue weighted by molar-refractivity contribution is 8.00. The summed E-state index contributed by atoms with van der Waals surface area (Å²) in [5, 5.41) is 9.53. The van der Waals surface area contributed by atoms with Crippen molar-refractivity contribution in [3.8, 4) is 0 Å². The molecule has 1 fully saturated rings. The number of thioether (sulfide) groups is 1. The van der Waals surface area contributed by atoms with Crippen LogP contribution in [0, 0.1) is 0 Å². The average molecular weight is 295 g/mol. The highest BCUT2D eigenvalue weighted by Gasteiger charge is 2.33. The van der Waals surface area contributed by atoms with Crippen molar-refractivity contribution in [2.24, 2.45) is 0 Å². The number of ether oxygens (including phenoxy) is 1. The van der Waals surface area contributed by atoms with E-state index in [0.29, 0.717) is 5.16 Å². The number of aromatic amines is 1. The fraction of sp³-hybridized carbons (Fsp3) is 0.417. The molecule has 0 aromatic carbocycles. The Morgan fingerprint density at radius 3 is 3.21 bits per heavy atom. The average Bonchev–Trinajstić information content (AvgIpc) is 3.05. The Morgan fingerprint density at radius 2 is 2.53 bits per heavy atom. The molecule has 1 N–H and O–H groups in total. The van der Waals surface area contributed by atoms with Gasteiger partial charge in [0.25, 0.3) is 0 Å². The number of carbonyl (C=O) groups is 1. The van der Waals surface area contributed by atoms with Crippen molar-refractivity contribution in [3.63, 3.8) is 0 Å². The highest BCUT2D eigenvalue weighted by Crippen LogP contribution is 2.30. The van der Waals surface area contributed by atoms with Gasteiger partial charge in [-0.1, -0.05) is 17.8 Å². The van der Waals surface area contributed by atoms with E-state index in [0.717, 1.165) is 18.7 Å². The van der Waals surface area contributed by atoms with Gasteiger partial charge in [0.15, 0.2) is 0 Å². The second-order valence-electron chi connectivity index (χ2n) is 4.41. The predicted molar refractivity (Wildman–Crippen MR) is 73.3 cm³/mol. The Hall–Kier alpha value is -1.34. The molecule has 0 aliphatic carbocycles. The lowest BCUT2D eigenvalue weighted by molar-refractivity contribution is -0.140. The molecular weight excluding hydrogens is 282 g/mol. The maximum atomic E-state index is 11.5. The van der Waals surface area contributed by atoms with Gasteiger partial charge in [-0.05, 0) is 18.4 Å². The molecule has 0 saturated carbocycles. The van der Waals surface area contributed by atoms with E-state index >= 15 is 0 Å². The first-order valence-electron chi connectivity index (χ1n) is 6.01. The van der Waals surface area contributed by atoms with Crippen molar-refractivity contribution in [2.45, 2.75) is 36.3 Å². The van der Waals surface area contributed by atoms with E-state index in [-0.39, 0.29) is 17.3 Å². The number of nitrogens with zero attached hydrogens (tertiary/aromatic N) is 2. The number of hydrogen-bond donors (Lipinski definition) is 1. The minimum absolute atomic E-state index is 0.00506. The van der Waals surface area contributed by atoms with Crippen molar-refractivity contribution in [1.82, 2.24) is 15.2 Å². The quantitative estimate of drug-likeness (QED) is 0.876. The molecule has 1 saturated heterocycles. The van der Waals surface area contributed by atoms with Gasteiger partial charge in [0.2, 0.25) is 5.16 Å². The fourth-order valence-corrected chi connectivity index (χ4v) is 3.68. The molecule has 0 bridgehead atoms. The van der Waals surface area contributed by atoms with E-state index < -0.39 is 0 Å². The number of esters is 1. The predicted octanol–water partition coefficient (Wildman–Crippen LogP) is 2.25. The summed E-state index contributed by atoms with van der Waals surface area (Å²) in [7, 11) is 0. The zero-order valence-corrected chi connectivity index (χ0v) is 12.0. The van der Waals surface area contributed by atoms with E-state index in [1.807, 2.05) is 18.4 Å². The van der Waals surface area contributed by atoms with Gasteiger partial charge < -0.3 is 4.74 Å².